The molecule has 1 aromatic carbocycles. The first-order valence-electron chi connectivity index (χ1n) is 6.73. The van der Waals surface area contributed by atoms with Gasteiger partial charge in [0.15, 0.2) is 0 Å². The summed E-state index contributed by atoms with van der Waals surface area (Å²) >= 11 is 0. The Balaban J connectivity index is 2.50. The maximum absolute atomic E-state index is 11.8. The highest BCUT2D eigenvalue weighted by atomic mass is 16.4. The van der Waals surface area contributed by atoms with E-state index in [-0.39, 0.29) is 5.92 Å². The predicted molar refractivity (Wildman–Crippen MR) is 77.7 cm³/mol. The standard InChI is InChI=1S/C15H22N2O3/c1-4-15(3,13(18)19)17-14(20)16-10-11(2)12-8-6-5-7-9-12/h5-9,11H,4,10H2,1-3H3,(H,18,19)(H2,16,17,20). The Kier molecular flexibility index (Phi) is 5.55. The van der Waals surface area contributed by atoms with Crippen LogP contribution in [0.15, 0.2) is 30.3 Å². The van der Waals surface area contributed by atoms with Crippen molar-refractivity contribution in [1.29, 1.82) is 0 Å². The van der Waals surface area contributed by atoms with Gasteiger partial charge in [0.25, 0.3) is 0 Å². The summed E-state index contributed by atoms with van der Waals surface area (Å²) < 4.78 is 0. The molecule has 0 saturated carbocycles. The van der Waals surface area contributed by atoms with Crippen molar-refractivity contribution in [3.63, 3.8) is 0 Å². The molecule has 20 heavy (non-hydrogen) atoms. The summed E-state index contributed by atoms with van der Waals surface area (Å²) in [5, 5.41) is 14.3. The summed E-state index contributed by atoms with van der Waals surface area (Å²) in [6, 6.07) is 9.37. The van der Waals surface area contributed by atoms with Gasteiger partial charge < -0.3 is 15.7 Å². The lowest BCUT2D eigenvalue weighted by molar-refractivity contribution is -0.143. The minimum Gasteiger partial charge on any atom is -0.480 e. The monoisotopic (exact) mass is 278 g/mol. The molecule has 0 aromatic heterocycles. The second kappa shape index (κ2) is 6.93. The van der Waals surface area contributed by atoms with E-state index in [1.165, 1.54) is 6.92 Å². The van der Waals surface area contributed by atoms with Crippen LogP contribution in [0.25, 0.3) is 0 Å². The van der Waals surface area contributed by atoms with Gasteiger partial charge in [0.1, 0.15) is 5.54 Å². The maximum Gasteiger partial charge on any atom is 0.329 e. The molecule has 5 heteroatoms. The fourth-order valence-electron chi connectivity index (χ4n) is 1.73. The Morgan fingerprint density at radius 2 is 1.90 bits per heavy atom. The first kappa shape index (κ1) is 16.0. The first-order chi connectivity index (χ1) is 9.39. The van der Waals surface area contributed by atoms with Crippen molar-refractivity contribution in [1.82, 2.24) is 10.6 Å². The third-order valence-electron chi connectivity index (χ3n) is 3.51. The zero-order valence-corrected chi connectivity index (χ0v) is 12.1. The largest absolute Gasteiger partial charge is 0.480 e. The van der Waals surface area contributed by atoms with E-state index in [2.05, 4.69) is 10.6 Å². The van der Waals surface area contributed by atoms with Crippen LogP contribution in [0.5, 0.6) is 0 Å². The molecule has 0 fully saturated rings. The topological polar surface area (TPSA) is 78.4 Å². The van der Waals surface area contributed by atoms with Crippen LogP contribution in [-0.4, -0.2) is 29.2 Å². The van der Waals surface area contributed by atoms with E-state index >= 15 is 0 Å². The van der Waals surface area contributed by atoms with E-state index in [1.807, 2.05) is 37.3 Å². The van der Waals surface area contributed by atoms with Gasteiger partial charge >= 0.3 is 12.0 Å². The molecule has 0 radical (unpaired) electrons. The zero-order chi connectivity index (χ0) is 15.2. The summed E-state index contributed by atoms with van der Waals surface area (Å²) in [6.07, 6.45) is 0.323. The molecule has 0 saturated heterocycles. The Bertz CT molecular complexity index is 461. The van der Waals surface area contributed by atoms with E-state index in [0.29, 0.717) is 13.0 Å². The number of rotatable bonds is 6. The van der Waals surface area contributed by atoms with Gasteiger partial charge in [-0.3, -0.25) is 0 Å². The van der Waals surface area contributed by atoms with E-state index < -0.39 is 17.5 Å². The molecule has 0 aliphatic rings. The molecule has 5 nitrogen and oxygen atoms in total. The first-order valence-corrected chi connectivity index (χ1v) is 6.73. The number of hydrogen-bond donors (Lipinski definition) is 3. The number of hydrogen-bond acceptors (Lipinski definition) is 2. The molecule has 0 heterocycles. The van der Waals surface area contributed by atoms with Crippen LogP contribution in [0.1, 0.15) is 38.7 Å². The quantitative estimate of drug-likeness (QED) is 0.747. The third-order valence-corrected chi connectivity index (χ3v) is 3.51. The second-order valence-electron chi connectivity index (χ2n) is 5.14. The number of carbonyl (C=O) groups is 2. The highest BCUT2D eigenvalue weighted by Gasteiger charge is 2.32. The number of carbonyl (C=O) groups excluding carboxylic acids is 1. The smallest absolute Gasteiger partial charge is 0.329 e. The van der Waals surface area contributed by atoms with Crippen molar-refractivity contribution < 1.29 is 14.7 Å². The van der Waals surface area contributed by atoms with Crippen LogP contribution in [-0.2, 0) is 4.79 Å². The van der Waals surface area contributed by atoms with Crippen LogP contribution in [0.3, 0.4) is 0 Å². The Hall–Kier alpha value is -2.04. The minimum atomic E-state index is -1.24. The van der Waals surface area contributed by atoms with Crippen molar-refractivity contribution in [3.8, 4) is 0 Å². The van der Waals surface area contributed by atoms with Crippen molar-refractivity contribution in [2.24, 2.45) is 0 Å². The molecule has 0 bridgehead atoms. The highest BCUT2D eigenvalue weighted by Crippen LogP contribution is 2.13. The number of urea groups is 1. The molecule has 2 unspecified atom stereocenters. The summed E-state index contributed by atoms with van der Waals surface area (Å²) in [5.74, 6) is -0.870. The minimum absolute atomic E-state index is 0.166. The SMILES string of the molecule is CCC(C)(NC(=O)NCC(C)c1ccccc1)C(=O)O. The number of aliphatic carboxylic acids is 1. The maximum atomic E-state index is 11.8. The lowest BCUT2D eigenvalue weighted by Crippen LogP contribution is -2.55. The van der Waals surface area contributed by atoms with Crippen molar-refractivity contribution in [2.75, 3.05) is 6.54 Å². The van der Waals surface area contributed by atoms with E-state index in [1.54, 1.807) is 6.92 Å². The number of carboxylic acid groups (broad SMARTS) is 1. The Morgan fingerprint density at radius 1 is 1.30 bits per heavy atom. The van der Waals surface area contributed by atoms with Gasteiger partial charge in [-0.05, 0) is 24.8 Å². The number of nitrogens with one attached hydrogen (secondary N) is 2. The van der Waals surface area contributed by atoms with Gasteiger partial charge in [0.05, 0.1) is 0 Å². The summed E-state index contributed by atoms with van der Waals surface area (Å²) in [4.78, 5) is 22.9. The van der Waals surface area contributed by atoms with Gasteiger partial charge in [-0.1, -0.05) is 44.2 Å². The number of amides is 2. The van der Waals surface area contributed by atoms with Crippen LogP contribution in [0, 0.1) is 0 Å². The van der Waals surface area contributed by atoms with Crippen LogP contribution >= 0.6 is 0 Å². The summed E-state index contributed by atoms with van der Waals surface area (Å²) in [6.45, 7) is 5.68. The lowest BCUT2D eigenvalue weighted by Gasteiger charge is -2.25. The van der Waals surface area contributed by atoms with E-state index in [9.17, 15) is 9.59 Å². The molecule has 0 aliphatic heterocycles. The normalized spacial score (nSPS) is 14.9. The molecule has 0 aliphatic carbocycles. The fourth-order valence-corrected chi connectivity index (χ4v) is 1.73. The molecule has 110 valence electrons. The van der Waals surface area contributed by atoms with Gasteiger partial charge in [0.2, 0.25) is 0 Å². The molecule has 3 N–H and O–H groups in total. The third kappa shape index (κ3) is 4.26. The predicted octanol–water partition coefficient (Wildman–Crippen LogP) is 2.34. The summed E-state index contributed by atoms with van der Waals surface area (Å²) in [5.41, 5.74) is -0.107. The average Bonchev–Trinajstić information content (AvgIpc) is 2.45. The molecular formula is C15H22N2O3. The number of benzene rings is 1. The molecule has 2 atom stereocenters. The lowest BCUT2D eigenvalue weighted by atomic mass is 9.99. The second-order valence-corrected chi connectivity index (χ2v) is 5.14. The van der Waals surface area contributed by atoms with Crippen molar-refractivity contribution in [2.45, 2.75) is 38.6 Å². The Morgan fingerprint density at radius 3 is 2.40 bits per heavy atom. The fraction of sp³-hybridized carbons (Fsp3) is 0.467. The van der Waals surface area contributed by atoms with Crippen molar-refractivity contribution >= 4 is 12.0 Å². The van der Waals surface area contributed by atoms with Gasteiger partial charge in [0, 0.05) is 6.54 Å². The van der Waals surface area contributed by atoms with E-state index in [4.69, 9.17) is 5.11 Å². The Labute approximate surface area is 119 Å². The molecule has 1 rings (SSSR count). The van der Waals surface area contributed by atoms with E-state index in [0.717, 1.165) is 5.56 Å². The molecule has 1 aromatic rings. The highest BCUT2D eigenvalue weighted by molar-refractivity contribution is 5.85. The zero-order valence-electron chi connectivity index (χ0n) is 12.1. The van der Waals surface area contributed by atoms with Gasteiger partial charge in [-0.25, -0.2) is 9.59 Å². The molecule has 0 spiro atoms. The number of carboxylic acids is 1. The average molecular weight is 278 g/mol. The van der Waals surface area contributed by atoms with Gasteiger partial charge in [-0.15, -0.1) is 0 Å². The van der Waals surface area contributed by atoms with Gasteiger partial charge in [-0.2, -0.15) is 0 Å². The van der Waals surface area contributed by atoms with Crippen LogP contribution in [0.4, 0.5) is 4.79 Å². The van der Waals surface area contributed by atoms with Crippen molar-refractivity contribution in [3.05, 3.63) is 35.9 Å². The van der Waals surface area contributed by atoms with Crippen LogP contribution in [0.2, 0.25) is 0 Å². The summed E-state index contributed by atoms with van der Waals surface area (Å²) in [7, 11) is 0. The molecule has 2 amide bonds. The molecular weight excluding hydrogens is 256 g/mol. The van der Waals surface area contributed by atoms with Crippen LogP contribution < -0.4 is 10.6 Å².